The van der Waals surface area contributed by atoms with E-state index in [4.69, 9.17) is 19.1 Å². The van der Waals surface area contributed by atoms with Crippen LogP contribution in [0.1, 0.15) is 16.7 Å². The maximum Gasteiger partial charge on any atom is 0.329 e. The number of aromatic nitrogens is 1. The molecule has 3 aromatic carbocycles. The molecule has 0 spiro atoms. The Bertz CT molecular complexity index is 1260. The van der Waals surface area contributed by atoms with Crippen molar-refractivity contribution >= 4 is 5.97 Å². The minimum absolute atomic E-state index is 0.293. The van der Waals surface area contributed by atoms with E-state index in [2.05, 4.69) is 36.3 Å². The number of nitrogens with zero attached hydrogens (tertiary/aromatic N) is 1. The van der Waals surface area contributed by atoms with Crippen LogP contribution in [-0.4, -0.2) is 36.6 Å². The van der Waals surface area contributed by atoms with Gasteiger partial charge in [-0.2, -0.15) is 0 Å². The predicted octanol–water partition coefficient (Wildman–Crippen LogP) is 5.77. The van der Waals surface area contributed by atoms with E-state index in [-0.39, 0.29) is 6.61 Å². The summed E-state index contributed by atoms with van der Waals surface area (Å²) in [6, 6.07) is 24.3. The van der Waals surface area contributed by atoms with Crippen LogP contribution in [0.15, 0.2) is 77.3 Å². The largest absolute Gasteiger partial charge is 0.480 e. The second-order valence-corrected chi connectivity index (χ2v) is 8.04. The van der Waals surface area contributed by atoms with Gasteiger partial charge in [0, 0.05) is 24.3 Å². The first-order valence-electron chi connectivity index (χ1n) is 11.1. The first-order chi connectivity index (χ1) is 16.6. The summed E-state index contributed by atoms with van der Waals surface area (Å²) in [7, 11) is 1.69. The molecule has 0 atom stereocenters. The average Bonchev–Trinajstić information content (AvgIpc) is 3.34. The van der Waals surface area contributed by atoms with Crippen LogP contribution in [0.25, 0.3) is 33.7 Å². The van der Waals surface area contributed by atoms with Gasteiger partial charge in [0.15, 0.2) is 5.76 Å². The lowest BCUT2D eigenvalue weighted by Crippen LogP contribution is -2.09. The van der Waals surface area contributed by atoms with Crippen LogP contribution < -0.4 is 0 Å². The molecule has 1 heterocycles. The normalized spacial score (nSPS) is 11.0. The van der Waals surface area contributed by atoms with Crippen molar-refractivity contribution in [2.75, 3.05) is 20.3 Å². The fourth-order valence-corrected chi connectivity index (χ4v) is 4.02. The van der Waals surface area contributed by atoms with E-state index in [9.17, 15) is 4.79 Å². The van der Waals surface area contributed by atoms with Crippen molar-refractivity contribution in [1.82, 2.24) is 5.16 Å². The highest BCUT2D eigenvalue weighted by molar-refractivity contribution is 5.77. The second kappa shape index (κ2) is 10.9. The molecule has 0 bridgehead atoms. The molecule has 0 aliphatic carbocycles. The topological polar surface area (TPSA) is 81.8 Å². The van der Waals surface area contributed by atoms with E-state index in [1.165, 1.54) is 0 Å². The third-order valence-electron chi connectivity index (χ3n) is 5.73. The lowest BCUT2D eigenvalue weighted by molar-refractivity contribution is -0.142. The summed E-state index contributed by atoms with van der Waals surface area (Å²) in [6.07, 6.45) is 0.615. The van der Waals surface area contributed by atoms with E-state index in [1.54, 1.807) is 7.11 Å². The molecule has 0 fully saturated rings. The summed E-state index contributed by atoms with van der Waals surface area (Å²) in [5.41, 5.74) is 8.18. The maximum atomic E-state index is 10.6. The van der Waals surface area contributed by atoms with Crippen LogP contribution >= 0.6 is 0 Å². The van der Waals surface area contributed by atoms with E-state index in [0.29, 0.717) is 25.4 Å². The van der Waals surface area contributed by atoms with Crippen molar-refractivity contribution < 1.29 is 23.9 Å². The van der Waals surface area contributed by atoms with Crippen molar-refractivity contribution in [2.45, 2.75) is 20.0 Å². The number of carboxylic acid groups (broad SMARTS) is 1. The van der Waals surface area contributed by atoms with Gasteiger partial charge in [0.05, 0.1) is 13.2 Å². The number of rotatable bonds is 10. The van der Waals surface area contributed by atoms with Gasteiger partial charge in [0.1, 0.15) is 12.3 Å². The molecule has 0 aliphatic rings. The Labute approximate surface area is 198 Å². The fourth-order valence-electron chi connectivity index (χ4n) is 4.02. The average molecular weight is 458 g/mol. The number of hydrogen-bond donors (Lipinski definition) is 1. The predicted molar refractivity (Wildman–Crippen MR) is 130 cm³/mol. The molecule has 4 aromatic rings. The summed E-state index contributed by atoms with van der Waals surface area (Å²) in [5, 5.41) is 13.0. The highest BCUT2D eigenvalue weighted by Gasteiger charge is 2.17. The number of benzene rings is 3. The first-order valence-corrected chi connectivity index (χ1v) is 11.1. The van der Waals surface area contributed by atoms with Gasteiger partial charge in [-0.05, 0) is 47.2 Å². The van der Waals surface area contributed by atoms with Crippen molar-refractivity contribution in [2.24, 2.45) is 0 Å². The molecular weight excluding hydrogens is 430 g/mol. The highest BCUT2D eigenvalue weighted by Crippen LogP contribution is 2.35. The van der Waals surface area contributed by atoms with Gasteiger partial charge in [0.25, 0.3) is 0 Å². The molecule has 6 heteroatoms. The Morgan fingerprint density at radius 3 is 2.50 bits per heavy atom. The molecular formula is C28H27NO5. The lowest BCUT2D eigenvalue weighted by Gasteiger charge is -2.15. The molecule has 0 aliphatic heterocycles. The van der Waals surface area contributed by atoms with E-state index >= 15 is 0 Å². The standard InChI is InChI=1S/C28H27NO5/c1-19-23(21-8-4-3-5-9-21)11-12-24(25(19)17-32-2)27-16-26(29-34-27)22-10-6-7-20(15-22)13-14-33-18-28(30)31/h3-12,15-16H,13-14,17-18H2,1-2H3,(H,30,31). The molecule has 0 saturated carbocycles. The number of carbonyl (C=O) groups is 1. The van der Waals surface area contributed by atoms with Crippen LogP contribution in [0.5, 0.6) is 0 Å². The number of aliphatic carboxylic acids is 1. The molecule has 174 valence electrons. The van der Waals surface area contributed by atoms with Crippen molar-refractivity contribution in [3.63, 3.8) is 0 Å². The Kier molecular flexibility index (Phi) is 7.52. The molecule has 1 aromatic heterocycles. The van der Waals surface area contributed by atoms with Gasteiger partial charge in [-0.25, -0.2) is 4.79 Å². The number of ether oxygens (including phenoxy) is 2. The lowest BCUT2D eigenvalue weighted by atomic mass is 9.92. The molecule has 0 saturated heterocycles. The second-order valence-electron chi connectivity index (χ2n) is 8.04. The van der Waals surface area contributed by atoms with Crippen LogP contribution in [0.2, 0.25) is 0 Å². The zero-order chi connectivity index (χ0) is 23.9. The Morgan fingerprint density at radius 1 is 0.971 bits per heavy atom. The van der Waals surface area contributed by atoms with Gasteiger partial charge in [0.2, 0.25) is 0 Å². The molecule has 0 radical (unpaired) electrons. The molecule has 34 heavy (non-hydrogen) atoms. The van der Waals surface area contributed by atoms with Gasteiger partial charge >= 0.3 is 5.97 Å². The first kappa shape index (κ1) is 23.4. The fraction of sp³-hybridized carbons (Fsp3) is 0.214. The van der Waals surface area contributed by atoms with E-state index in [0.717, 1.165) is 44.6 Å². The summed E-state index contributed by atoms with van der Waals surface area (Å²) in [4.78, 5) is 10.6. The number of methoxy groups -OCH3 is 1. The third-order valence-corrected chi connectivity index (χ3v) is 5.73. The quantitative estimate of drug-likeness (QED) is 0.304. The van der Waals surface area contributed by atoms with Crippen molar-refractivity contribution in [3.8, 4) is 33.7 Å². The Balaban J connectivity index is 1.60. The molecule has 0 amide bonds. The SMILES string of the molecule is COCc1c(-c2cc(-c3cccc(CCOCC(=O)O)c3)no2)ccc(-c2ccccc2)c1C. The number of carboxylic acids is 1. The summed E-state index contributed by atoms with van der Waals surface area (Å²) >= 11 is 0. The summed E-state index contributed by atoms with van der Waals surface area (Å²) in [6.45, 7) is 2.61. The van der Waals surface area contributed by atoms with Gasteiger partial charge in [-0.1, -0.05) is 65.8 Å². The third kappa shape index (κ3) is 5.42. The van der Waals surface area contributed by atoms with Gasteiger partial charge in [-0.3, -0.25) is 0 Å². The Morgan fingerprint density at radius 2 is 1.74 bits per heavy atom. The van der Waals surface area contributed by atoms with Crippen LogP contribution in [-0.2, 0) is 27.3 Å². The van der Waals surface area contributed by atoms with Crippen LogP contribution in [0.4, 0.5) is 0 Å². The molecule has 6 nitrogen and oxygen atoms in total. The number of hydrogen-bond acceptors (Lipinski definition) is 5. The van der Waals surface area contributed by atoms with Gasteiger partial charge in [-0.15, -0.1) is 0 Å². The summed E-state index contributed by atoms with van der Waals surface area (Å²) < 4.78 is 16.4. The van der Waals surface area contributed by atoms with Crippen LogP contribution in [0, 0.1) is 6.92 Å². The maximum absolute atomic E-state index is 10.6. The zero-order valence-electron chi connectivity index (χ0n) is 19.3. The summed E-state index contributed by atoms with van der Waals surface area (Å²) in [5.74, 6) is -0.288. The highest BCUT2D eigenvalue weighted by atomic mass is 16.5. The minimum Gasteiger partial charge on any atom is -0.480 e. The van der Waals surface area contributed by atoms with Crippen LogP contribution in [0.3, 0.4) is 0 Å². The minimum atomic E-state index is -0.969. The molecule has 0 unspecified atom stereocenters. The monoisotopic (exact) mass is 457 g/mol. The Hall–Kier alpha value is -3.74. The zero-order valence-corrected chi connectivity index (χ0v) is 19.3. The van der Waals surface area contributed by atoms with E-state index < -0.39 is 5.97 Å². The molecule has 1 N–H and O–H groups in total. The van der Waals surface area contributed by atoms with Crippen molar-refractivity contribution in [1.29, 1.82) is 0 Å². The van der Waals surface area contributed by atoms with Crippen molar-refractivity contribution in [3.05, 3.63) is 89.5 Å². The van der Waals surface area contributed by atoms with E-state index in [1.807, 2.05) is 48.5 Å². The van der Waals surface area contributed by atoms with Gasteiger partial charge < -0.3 is 19.1 Å². The molecule has 4 rings (SSSR count). The smallest absolute Gasteiger partial charge is 0.329 e.